The molecule has 0 unspecified atom stereocenters. The maximum atomic E-state index is 12.6. The monoisotopic (exact) mass is 425 g/mol. The van der Waals surface area contributed by atoms with Gasteiger partial charge in [0.05, 0.1) is 14.2 Å². The van der Waals surface area contributed by atoms with Crippen LogP contribution in [0.15, 0.2) is 36.4 Å². The van der Waals surface area contributed by atoms with Gasteiger partial charge in [-0.2, -0.15) is 0 Å². The molecule has 0 atom stereocenters. The Morgan fingerprint density at radius 2 is 1.87 bits per heavy atom. The molecule has 0 spiro atoms. The average Bonchev–Trinajstić information content (AvgIpc) is 3.23. The smallest absolute Gasteiger partial charge is 0.231 e. The Bertz CT molecular complexity index is 981. The highest BCUT2D eigenvalue weighted by Crippen LogP contribution is 2.45. The molecule has 1 amide bonds. The van der Waals surface area contributed by atoms with Crippen LogP contribution in [-0.2, 0) is 22.4 Å². The number of benzene rings is 2. The van der Waals surface area contributed by atoms with Gasteiger partial charge in [-0.25, -0.2) is 0 Å². The van der Waals surface area contributed by atoms with Crippen molar-refractivity contribution in [2.24, 2.45) is 0 Å². The summed E-state index contributed by atoms with van der Waals surface area (Å²) in [4.78, 5) is 25.8. The van der Waals surface area contributed by atoms with Crippen molar-refractivity contribution in [3.8, 4) is 23.0 Å². The van der Waals surface area contributed by atoms with Gasteiger partial charge in [0.15, 0.2) is 17.3 Å². The van der Waals surface area contributed by atoms with Crippen LogP contribution >= 0.6 is 0 Å². The molecule has 164 valence electrons. The van der Waals surface area contributed by atoms with Crippen molar-refractivity contribution in [2.75, 3.05) is 34.6 Å². The Hall–Kier alpha value is -3.48. The van der Waals surface area contributed by atoms with E-state index in [1.165, 1.54) is 6.92 Å². The van der Waals surface area contributed by atoms with Crippen LogP contribution in [0.25, 0.3) is 6.08 Å². The molecule has 7 heteroatoms. The van der Waals surface area contributed by atoms with Crippen LogP contribution in [-0.4, -0.2) is 51.2 Å². The van der Waals surface area contributed by atoms with Gasteiger partial charge in [-0.3, -0.25) is 9.59 Å². The summed E-state index contributed by atoms with van der Waals surface area (Å²) in [5.74, 6) is 2.32. The number of hydrogen-bond donors (Lipinski definition) is 0. The number of likely N-dealkylation sites (N-methyl/N-ethyl adjacent to an activating group) is 1. The highest BCUT2D eigenvalue weighted by Gasteiger charge is 2.24. The van der Waals surface area contributed by atoms with Gasteiger partial charge in [-0.1, -0.05) is 12.1 Å². The zero-order valence-electron chi connectivity index (χ0n) is 18.3. The normalized spacial score (nSPS) is 12.1. The van der Waals surface area contributed by atoms with E-state index in [-0.39, 0.29) is 24.9 Å². The second-order valence-corrected chi connectivity index (χ2v) is 7.23. The van der Waals surface area contributed by atoms with Crippen LogP contribution in [0.4, 0.5) is 0 Å². The first-order chi connectivity index (χ1) is 14.9. The SMILES string of the molecule is COc1ccc(CC(=O)/C=C/c2c(CCN(C)C(C)=O)cc3c(c2OC)OCO3)cc1. The molecule has 0 aliphatic carbocycles. The fraction of sp³-hybridized carbons (Fsp3) is 0.333. The third kappa shape index (κ3) is 5.36. The number of fused-ring (bicyclic) bond motifs is 1. The first-order valence-corrected chi connectivity index (χ1v) is 9.98. The van der Waals surface area contributed by atoms with Gasteiger partial charge in [0, 0.05) is 32.5 Å². The van der Waals surface area contributed by atoms with Crippen LogP contribution in [0.1, 0.15) is 23.6 Å². The molecule has 3 rings (SSSR count). The molecule has 31 heavy (non-hydrogen) atoms. The highest BCUT2D eigenvalue weighted by molar-refractivity contribution is 5.95. The lowest BCUT2D eigenvalue weighted by molar-refractivity contribution is -0.127. The lowest BCUT2D eigenvalue weighted by Gasteiger charge is -2.18. The van der Waals surface area contributed by atoms with Crippen LogP contribution in [0.3, 0.4) is 0 Å². The fourth-order valence-electron chi connectivity index (χ4n) is 3.29. The minimum Gasteiger partial charge on any atom is -0.497 e. The van der Waals surface area contributed by atoms with Crippen LogP contribution in [0.2, 0.25) is 0 Å². The predicted molar refractivity (Wildman–Crippen MR) is 117 cm³/mol. The third-order valence-electron chi connectivity index (χ3n) is 5.18. The molecule has 1 aliphatic heterocycles. The van der Waals surface area contributed by atoms with Gasteiger partial charge in [0.25, 0.3) is 0 Å². The van der Waals surface area contributed by atoms with Gasteiger partial charge in [-0.15, -0.1) is 0 Å². The fourth-order valence-corrected chi connectivity index (χ4v) is 3.29. The van der Waals surface area contributed by atoms with E-state index in [1.807, 2.05) is 30.3 Å². The topological polar surface area (TPSA) is 74.3 Å². The summed E-state index contributed by atoms with van der Waals surface area (Å²) in [6.07, 6.45) is 4.14. The van der Waals surface area contributed by atoms with Gasteiger partial charge in [0.1, 0.15) is 5.75 Å². The Labute approximate surface area is 182 Å². The van der Waals surface area contributed by atoms with Gasteiger partial charge in [-0.05, 0) is 47.9 Å². The lowest BCUT2D eigenvalue weighted by Crippen LogP contribution is -2.26. The largest absolute Gasteiger partial charge is 0.497 e. The van der Waals surface area contributed by atoms with E-state index < -0.39 is 0 Å². The third-order valence-corrected chi connectivity index (χ3v) is 5.18. The summed E-state index contributed by atoms with van der Waals surface area (Å²) in [6, 6.07) is 9.28. The van der Waals surface area contributed by atoms with Gasteiger partial charge < -0.3 is 23.8 Å². The number of nitrogens with zero attached hydrogens (tertiary/aromatic N) is 1. The van der Waals surface area contributed by atoms with Gasteiger partial charge >= 0.3 is 0 Å². The molecule has 0 N–H and O–H groups in total. The van der Waals surface area contributed by atoms with Crippen molar-refractivity contribution in [3.05, 3.63) is 53.1 Å². The summed E-state index contributed by atoms with van der Waals surface area (Å²) < 4.78 is 21.8. The van der Waals surface area contributed by atoms with Crippen molar-refractivity contribution in [3.63, 3.8) is 0 Å². The Morgan fingerprint density at radius 1 is 1.13 bits per heavy atom. The average molecular weight is 425 g/mol. The summed E-state index contributed by atoms with van der Waals surface area (Å²) in [5, 5.41) is 0. The van der Waals surface area contributed by atoms with Crippen LogP contribution in [0, 0.1) is 0 Å². The Balaban J connectivity index is 1.84. The number of carbonyl (C=O) groups excluding carboxylic acids is 2. The number of carbonyl (C=O) groups is 2. The molecule has 0 fully saturated rings. The number of methoxy groups -OCH3 is 2. The molecular weight excluding hydrogens is 398 g/mol. The molecule has 0 saturated heterocycles. The van der Waals surface area contributed by atoms with E-state index in [4.69, 9.17) is 18.9 Å². The molecule has 7 nitrogen and oxygen atoms in total. The zero-order chi connectivity index (χ0) is 22.4. The minimum atomic E-state index is -0.0447. The molecule has 0 saturated carbocycles. The molecule has 0 bridgehead atoms. The number of allylic oxidation sites excluding steroid dienone is 1. The summed E-state index contributed by atoms with van der Waals surface area (Å²) >= 11 is 0. The summed E-state index contributed by atoms with van der Waals surface area (Å²) in [6.45, 7) is 2.17. The molecule has 2 aromatic carbocycles. The van der Waals surface area contributed by atoms with Crippen LogP contribution in [0.5, 0.6) is 23.0 Å². The first kappa shape index (κ1) is 22.2. The van der Waals surface area contributed by atoms with E-state index in [9.17, 15) is 9.59 Å². The van der Waals surface area contributed by atoms with Crippen molar-refractivity contribution >= 4 is 17.8 Å². The lowest BCUT2D eigenvalue weighted by atomic mass is 10.00. The number of hydrogen-bond acceptors (Lipinski definition) is 6. The second-order valence-electron chi connectivity index (χ2n) is 7.23. The Morgan fingerprint density at radius 3 is 2.52 bits per heavy atom. The van der Waals surface area contributed by atoms with E-state index in [1.54, 1.807) is 38.3 Å². The molecule has 2 aromatic rings. The summed E-state index contributed by atoms with van der Waals surface area (Å²) in [7, 11) is 4.91. The molecular formula is C24H27NO6. The van der Waals surface area contributed by atoms with E-state index in [0.29, 0.717) is 30.2 Å². The quantitative estimate of drug-likeness (QED) is 0.574. The first-order valence-electron chi connectivity index (χ1n) is 9.98. The zero-order valence-corrected chi connectivity index (χ0v) is 18.3. The number of rotatable bonds is 9. The molecule has 1 heterocycles. The second kappa shape index (κ2) is 10.0. The van der Waals surface area contributed by atoms with E-state index in [0.717, 1.165) is 22.4 Å². The Kier molecular flexibility index (Phi) is 7.18. The number of ether oxygens (including phenoxy) is 4. The van der Waals surface area contributed by atoms with Crippen molar-refractivity contribution in [1.82, 2.24) is 4.90 Å². The molecule has 0 radical (unpaired) electrons. The number of amides is 1. The van der Waals surface area contributed by atoms with E-state index >= 15 is 0 Å². The predicted octanol–water partition coefficient (Wildman–Crippen LogP) is 3.28. The van der Waals surface area contributed by atoms with E-state index in [2.05, 4.69) is 0 Å². The molecule has 0 aromatic heterocycles. The minimum absolute atomic E-state index is 0.0144. The maximum Gasteiger partial charge on any atom is 0.231 e. The van der Waals surface area contributed by atoms with Crippen molar-refractivity contribution in [2.45, 2.75) is 19.8 Å². The number of ketones is 1. The highest BCUT2D eigenvalue weighted by atomic mass is 16.7. The summed E-state index contributed by atoms with van der Waals surface area (Å²) in [5.41, 5.74) is 2.55. The molecule has 1 aliphatic rings. The van der Waals surface area contributed by atoms with Crippen molar-refractivity contribution < 1.29 is 28.5 Å². The maximum absolute atomic E-state index is 12.6. The van der Waals surface area contributed by atoms with Gasteiger partial charge in [0.2, 0.25) is 18.4 Å². The van der Waals surface area contributed by atoms with Crippen molar-refractivity contribution in [1.29, 1.82) is 0 Å². The van der Waals surface area contributed by atoms with Crippen LogP contribution < -0.4 is 18.9 Å². The standard InChI is InChI=1S/C24H27NO6/c1-16(26)25(2)12-11-18-14-22-24(31-15-30-22)23(29-4)21(18)10-7-19(27)13-17-5-8-20(28-3)9-6-17/h5-10,14H,11-13,15H2,1-4H3/b10-7+.